The first kappa shape index (κ1) is 20.3. The van der Waals surface area contributed by atoms with Crippen molar-refractivity contribution in [2.45, 2.75) is 51.4 Å². The van der Waals surface area contributed by atoms with Gasteiger partial charge in [-0.1, -0.05) is 38.1 Å². The SMILES string of the molecule is CCC(O)(c1cn(Cc2ccc3c(C(C)C)c(C#N)sc3c2)nn1)C(F)(F)F. The van der Waals surface area contributed by atoms with Crippen molar-refractivity contribution in [1.29, 1.82) is 5.26 Å². The molecule has 0 radical (unpaired) electrons. The second-order valence-electron chi connectivity index (χ2n) is 6.95. The molecule has 9 heteroatoms. The maximum atomic E-state index is 13.2. The number of halogens is 3. The van der Waals surface area contributed by atoms with Crippen LogP contribution in [0.3, 0.4) is 0 Å². The number of nitriles is 1. The topological polar surface area (TPSA) is 74.7 Å². The van der Waals surface area contributed by atoms with Gasteiger partial charge in [-0.2, -0.15) is 18.4 Å². The summed E-state index contributed by atoms with van der Waals surface area (Å²) in [4.78, 5) is 0.670. The minimum absolute atomic E-state index is 0.206. The van der Waals surface area contributed by atoms with E-state index in [2.05, 4.69) is 16.4 Å². The van der Waals surface area contributed by atoms with Crippen molar-refractivity contribution >= 4 is 21.4 Å². The Bertz CT molecular complexity index is 1050. The Hall–Kier alpha value is -2.44. The molecule has 148 valence electrons. The van der Waals surface area contributed by atoms with Crippen molar-refractivity contribution in [2.24, 2.45) is 0 Å². The van der Waals surface area contributed by atoms with Crippen molar-refractivity contribution in [1.82, 2.24) is 15.0 Å². The highest BCUT2D eigenvalue weighted by Gasteiger charge is 2.55. The zero-order valence-corrected chi connectivity index (χ0v) is 16.4. The van der Waals surface area contributed by atoms with Gasteiger partial charge in [0.15, 0.2) is 0 Å². The van der Waals surface area contributed by atoms with Crippen molar-refractivity contribution in [2.75, 3.05) is 0 Å². The molecule has 5 nitrogen and oxygen atoms in total. The number of fused-ring (bicyclic) bond motifs is 1. The first-order chi connectivity index (χ1) is 13.1. The van der Waals surface area contributed by atoms with Gasteiger partial charge in [0.25, 0.3) is 0 Å². The molecule has 1 atom stereocenters. The molecule has 0 saturated carbocycles. The summed E-state index contributed by atoms with van der Waals surface area (Å²) in [6.45, 7) is 5.51. The normalized spacial score (nSPS) is 14.4. The van der Waals surface area contributed by atoms with E-state index in [9.17, 15) is 23.5 Å². The van der Waals surface area contributed by atoms with Crippen LogP contribution in [-0.4, -0.2) is 26.3 Å². The molecule has 0 fully saturated rings. The maximum absolute atomic E-state index is 13.2. The summed E-state index contributed by atoms with van der Waals surface area (Å²) in [7, 11) is 0. The van der Waals surface area contributed by atoms with Crippen LogP contribution in [0.2, 0.25) is 0 Å². The summed E-state index contributed by atoms with van der Waals surface area (Å²) in [6.07, 6.45) is -4.26. The van der Waals surface area contributed by atoms with Crippen LogP contribution in [0.25, 0.3) is 10.1 Å². The zero-order chi connectivity index (χ0) is 20.7. The quantitative estimate of drug-likeness (QED) is 0.664. The first-order valence-electron chi connectivity index (χ1n) is 8.75. The molecule has 1 N–H and O–H groups in total. The van der Waals surface area contributed by atoms with E-state index in [1.165, 1.54) is 22.9 Å². The number of thiophene rings is 1. The monoisotopic (exact) mass is 408 g/mol. The molecule has 0 aliphatic heterocycles. The fourth-order valence-electron chi connectivity index (χ4n) is 3.19. The number of aliphatic hydroxyl groups is 1. The van der Waals surface area contributed by atoms with Gasteiger partial charge in [0, 0.05) is 4.70 Å². The zero-order valence-electron chi connectivity index (χ0n) is 15.6. The van der Waals surface area contributed by atoms with Gasteiger partial charge in [-0.15, -0.1) is 16.4 Å². The average Bonchev–Trinajstić information content (AvgIpc) is 3.23. The standard InChI is InChI=1S/C19H19F3N4OS/c1-4-18(27,19(20,21)22)16-10-26(25-24-16)9-12-5-6-13-14(7-12)28-15(8-23)17(13)11(2)3/h5-7,10-11,27H,4,9H2,1-3H3. The smallest absolute Gasteiger partial charge is 0.375 e. The number of hydrogen-bond acceptors (Lipinski definition) is 5. The van der Waals surface area contributed by atoms with E-state index in [1.54, 1.807) is 0 Å². The number of rotatable bonds is 5. The Balaban J connectivity index is 1.92. The van der Waals surface area contributed by atoms with Crippen LogP contribution in [0.1, 0.15) is 54.8 Å². The summed E-state index contributed by atoms with van der Waals surface area (Å²) in [6, 6.07) is 7.92. The Morgan fingerprint density at radius 1 is 1.32 bits per heavy atom. The molecule has 0 aliphatic carbocycles. The fourth-order valence-corrected chi connectivity index (χ4v) is 4.41. The number of benzene rings is 1. The molecule has 2 aromatic heterocycles. The predicted octanol–water partition coefficient (Wildman–Crippen LogP) is 4.70. The van der Waals surface area contributed by atoms with Gasteiger partial charge in [0.05, 0.1) is 12.7 Å². The van der Waals surface area contributed by atoms with Crippen LogP contribution in [-0.2, 0) is 12.1 Å². The highest BCUT2D eigenvalue weighted by Crippen LogP contribution is 2.40. The van der Waals surface area contributed by atoms with E-state index < -0.39 is 23.9 Å². The average molecular weight is 408 g/mol. The van der Waals surface area contributed by atoms with Crippen molar-refractivity contribution in [3.05, 3.63) is 46.1 Å². The van der Waals surface area contributed by atoms with Gasteiger partial charge in [0.1, 0.15) is 16.6 Å². The van der Waals surface area contributed by atoms with Crippen LogP contribution in [0.4, 0.5) is 13.2 Å². The highest BCUT2D eigenvalue weighted by molar-refractivity contribution is 7.19. The molecule has 0 saturated heterocycles. The van der Waals surface area contributed by atoms with E-state index >= 15 is 0 Å². The second kappa shape index (κ2) is 7.18. The molecular weight excluding hydrogens is 389 g/mol. The second-order valence-corrected chi connectivity index (χ2v) is 8.01. The largest absolute Gasteiger partial charge is 0.423 e. The van der Waals surface area contributed by atoms with E-state index in [4.69, 9.17) is 0 Å². The molecule has 0 aliphatic rings. The molecule has 2 heterocycles. The van der Waals surface area contributed by atoms with Gasteiger partial charge in [-0.25, -0.2) is 4.68 Å². The van der Waals surface area contributed by atoms with Gasteiger partial charge >= 0.3 is 6.18 Å². The number of nitrogens with zero attached hydrogens (tertiary/aromatic N) is 4. The Kier molecular flexibility index (Phi) is 5.21. The van der Waals surface area contributed by atoms with Crippen molar-refractivity contribution in [3.63, 3.8) is 0 Å². The van der Waals surface area contributed by atoms with E-state index in [1.807, 2.05) is 32.0 Å². The predicted molar refractivity (Wildman–Crippen MR) is 100.0 cm³/mol. The third-order valence-corrected chi connectivity index (χ3v) is 5.83. The van der Waals surface area contributed by atoms with Gasteiger partial charge < -0.3 is 5.11 Å². The van der Waals surface area contributed by atoms with E-state index in [-0.39, 0.29) is 12.5 Å². The highest BCUT2D eigenvalue weighted by atomic mass is 32.1. The third kappa shape index (κ3) is 3.38. The lowest BCUT2D eigenvalue weighted by Gasteiger charge is -2.26. The molecule has 1 unspecified atom stereocenters. The summed E-state index contributed by atoms with van der Waals surface area (Å²) in [5, 5.41) is 27.7. The summed E-state index contributed by atoms with van der Waals surface area (Å²) < 4.78 is 41.8. The summed E-state index contributed by atoms with van der Waals surface area (Å²) in [5.74, 6) is 0.209. The van der Waals surface area contributed by atoms with Crippen molar-refractivity contribution in [3.8, 4) is 6.07 Å². The van der Waals surface area contributed by atoms with Crippen LogP contribution < -0.4 is 0 Å². The Morgan fingerprint density at radius 3 is 2.61 bits per heavy atom. The third-order valence-electron chi connectivity index (χ3n) is 4.76. The van der Waals surface area contributed by atoms with E-state index in [0.29, 0.717) is 4.88 Å². The Morgan fingerprint density at radius 2 is 2.04 bits per heavy atom. The maximum Gasteiger partial charge on any atom is 0.423 e. The number of alkyl halides is 3. The molecule has 0 amide bonds. The molecular formula is C19H19F3N4OS. The molecule has 1 aromatic carbocycles. The Labute approximate surface area is 164 Å². The minimum atomic E-state index is -4.83. The fraction of sp³-hybridized carbons (Fsp3) is 0.421. The summed E-state index contributed by atoms with van der Waals surface area (Å²) in [5.41, 5.74) is -1.71. The van der Waals surface area contributed by atoms with Crippen LogP contribution in [0.5, 0.6) is 0 Å². The lowest BCUT2D eigenvalue weighted by Crippen LogP contribution is -2.42. The minimum Gasteiger partial charge on any atom is -0.375 e. The number of hydrogen-bond donors (Lipinski definition) is 1. The lowest BCUT2D eigenvalue weighted by molar-refractivity contribution is -0.269. The van der Waals surface area contributed by atoms with Gasteiger partial charge in [0.2, 0.25) is 5.60 Å². The van der Waals surface area contributed by atoms with Crippen LogP contribution in [0, 0.1) is 11.3 Å². The van der Waals surface area contributed by atoms with Crippen molar-refractivity contribution < 1.29 is 18.3 Å². The molecule has 3 rings (SSSR count). The lowest BCUT2D eigenvalue weighted by atomic mass is 9.96. The summed E-state index contributed by atoms with van der Waals surface area (Å²) >= 11 is 1.40. The van der Waals surface area contributed by atoms with E-state index in [0.717, 1.165) is 27.4 Å². The van der Waals surface area contributed by atoms with Crippen LogP contribution >= 0.6 is 11.3 Å². The number of aromatic nitrogens is 3. The van der Waals surface area contributed by atoms with Crippen LogP contribution in [0.15, 0.2) is 24.4 Å². The first-order valence-corrected chi connectivity index (χ1v) is 9.57. The molecule has 0 spiro atoms. The van der Waals surface area contributed by atoms with Gasteiger partial charge in [-0.3, -0.25) is 0 Å². The molecule has 28 heavy (non-hydrogen) atoms. The molecule has 3 aromatic rings. The van der Waals surface area contributed by atoms with Gasteiger partial charge in [-0.05, 0) is 34.9 Å². The molecule has 0 bridgehead atoms.